The summed E-state index contributed by atoms with van der Waals surface area (Å²) in [5.74, 6) is -0.120. The van der Waals surface area contributed by atoms with Crippen molar-refractivity contribution < 1.29 is 19.4 Å². The molecule has 1 unspecified atom stereocenters. The number of hydrogen-bond donors (Lipinski definition) is 2. The third-order valence-electron chi connectivity index (χ3n) is 2.25. The number of carbonyl (C=O) groups is 1. The fraction of sp³-hybridized carbons (Fsp3) is 0.889. The monoisotopic (exact) mass is 218 g/mol. The van der Waals surface area contributed by atoms with Gasteiger partial charge in [-0.05, 0) is 0 Å². The van der Waals surface area contributed by atoms with E-state index in [-0.39, 0.29) is 25.2 Å². The van der Waals surface area contributed by atoms with Crippen LogP contribution in [0, 0.1) is 0 Å². The lowest BCUT2D eigenvalue weighted by atomic mass is 10.2. The number of nitrogens with two attached hydrogens (primary N) is 1. The number of morpholine rings is 1. The summed E-state index contributed by atoms with van der Waals surface area (Å²) in [6.07, 6.45) is 0. The number of aliphatic hydroxyl groups excluding tert-OH is 1. The maximum atomic E-state index is 11.6. The topological polar surface area (TPSA) is 85.0 Å². The van der Waals surface area contributed by atoms with Gasteiger partial charge < -0.3 is 25.2 Å². The van der Waals surface area contributed by atoms with Crippen molar-refractivity contribution in [3.8, 4) is 0 Å². The van der Waals surface area contributed by atoms with Gasteiger partial charge >= 0.3 is 0 Å². The minimum Gasteiger partial charge on any atom is -0.394 e. The standard InChI is InChI=1S/C9H18N2O4/c10-1-3-14-7-9(13)11-2-4-15-6-8(11)5-12/h8,12H,1-7,10H2. The van der Waals surface area contributed by atoms with Crippen LogP contribution in [0.3, 0.4) is 0 Å². The third-order valence-corrected chi connectivity index (χ3v) is 2.25. The summed E-state index contributed by atoms with van der Waals surface area (Å²) in [5, 5.41) is 9.05. The van der Waals surface area contributed by atoms with Crippen molar-refractivity contribution in [3.63, 3.8) is 0 Å². The van der Waals surface area contributed by atoms with E-state index in [4.69, 9.17) is 20.3 Å². The molecule has 1 amide bonds. The predicted molar refractivity (Wildman–Crippen MR) is 53.3 cm³/mol. The molecule has 88 valence electrons. The molecule has 1 aliphatic rings. The van der Waals surface area contributed by atoms with E-state index < -0.39 is 0 Å². The Labute approximate surface area is 88.9 Å². The van der Waals surface area contributed by atoms with Crippen molar-refractivity contribution in [1.29, 1.82) is 0 Å². The molecule has 0 aromatic rings. The van der Waals surface area contributed by atoms with Crippen LogP contribution < -0.4 is 5.73 Å². The quantitative estimate of drug-likeness (QED) is 0.531. The smallest absolute Gasteiger partial charge is 0.249 e. The first-order chi connectivity index (χ1) is 7.29. The molecule has 3 N–H and O–H groups in total. The first-order valence-corrected chi connectivity index (χ1v) is 5.05. The van der Waals surface area contributed by atoms with Gasteiger partial charge in [-0.15, -0.1) is 0 Å². The fourth-order valence-corrected chi connectivity index (χ4v) is 1.46. The molecule has 1 saturated heterocycles. The van der Waals surface area contributed by atoms with Gasteiger partial charge in [0.25, 0.3) is 0 Å². The number of amides is 1. The molecule has 1 rings (SSSR count). The van der Waals surface area contributed by atoms with Crippen LogP contribution in [0.25, 0.3) is 0 Å². The average molecular weight is 218 g/mol. The number of nitrogens with zero attached hydrogens (tertiary/aromatic N) is 1. The summed E-state index contributed by atoms with van der Waals surface area (Å²) in [6.45, 7) is 2.13. The molecule has 6 heteroatoms. The number of rotatable bonds is 5. The van der Waals surface area contributed by atoms with E-state index >= 15 is 0 Å². The van der Waals surface area contributed by atoms with E-state index in [2.05, 4.69) is 0 Å². The average Bonchev–Trinajstić information content (AvgIpc) is 2.29. The number of carbonyl (C=O) groups excluding carboxylic acids is 1. The van der Waals surface area contributed by atoms with Crippen molar-refractivity contribution in [2.24, 2.45) is 5.73 Å². The van der Waals surface area contributed by atoms with E-state index in [1.807, 2.05) is 0 Å². The van der Waals surface area contributed by atoms with Crippen molar-refractivity contribution in [2.45, 2.75) is 6.04 Å². The Morgan fingerprint density at radius 2 is 2.47 bits per heavy atom. The molecule has 1 atom stereocenters. The first kappa shape index (κ1) is 12.4. The van der Waals surface area contributed by atoms with Gasteiger partial charge in [0, 0.05) is 13.1 Å². The molecule has 0 aliphatic carbocycles. The molecule has 1 aliphatic heterocycles. The molecule has 0 spiro atoms. The van der Waals surface area contributed by atoms with Crippen LogP contribution in [-0.2, 0) is 14.3 Å². The molecular formula is C9H18N2O4. The van der Waals surface area contributed by atoms with E-state index in [0.29, 0.717) is 32.9 Å². The van der Waals surface area contributed by atoms with Crippen LogP contribution in [-0.4, -0.2) is 68.1 Å². The zero-order valence-corrected chi connectivity index (χ0v) is 8.72. The lowest BCUT2D eigenvalue weighted by Crippen LogP contribution is -2.51. The molecule has 0 saturated carbocycles. The van der Waals surface area contributed by atoms with Gasteiger partial charge in [0.2, 0.25) is 5.91 Å². The van der Waals surface area contributed by atoms with E-state index in [1.54, 1.807) is 4.90 Å². The summed E-state index contributed by atoms with van der Waals surface area (Å²) < 4.78 is 10.2. The molecule has 0 radical (unpaired) electrons. The van der Waals surface area contributed by atoms with Gasteiger partial charge in [-0.2, -0.15) is 0 Å². The highest BCUT2D eigenvalue weighted by Gasteiger charge is 2.26. The molecular weight excluding hydrogens is 200 g/mol. The normalized spacial score (nSPS) is 21.7. The number of aliphatic hydroxyl groups is 1. The summed E-state index contributed by atoms with van der Waals surface area (Å²) in [5.41, 5.74) is 5.24. The van der Waals surface area contributed by atoms with Crippen molar-refractivity contribution >= 4 is 5.91 Å². The molecule has 6 nitrogen and oxygen atoms in total. The lowest BCUT2D eigenvalue weighted by molar-refractivity contribution is -0.146. The Morgan fingerprint density at radius 1 is 1.67 bits per heavy atom. The highest BCUT2D eigenvalue weighted by Crippen LogP contribution is 2.06. The second-order valence-corrected chi connectivity index (χ2v) is 3.34. The Bertz CT molecular complexity index is 201. The summed E-state index contributed by atoms with van der Waals surface area (Å²) in [7, 11) is 0. The maximum absolute atomic E-state index is 11.6. The van der Waals surface area contributed by atoms with Gasteiger partial charge in [0.1, 0.15) is 6.61 Å². The van der Waals surface area contributed by atoms with Gasteiger partial charge in [0.15, 0.2) is 0 Å². The summed E-state index contributed by atoms with van der Waals surface area (Å²) in [4.78, 5) is 13.2. The van der Waals surface area contributed by atoms with E-state index in [1.165, 1.54) is 0 Å². The zero-order valence-electron chi connectivity index (χ0n) is 8.72. The van der Waals surface area contributed by atoms with Crippen LogP contribution in [0.1, 0.15) is 0 Å². The van der Waals surface area contributed by atoms with Crippen LogP contribution in [0.15, 0.2) is 0 Å². The van der Waals surface area contributed by atoms with Crippen LogP contribution in [0.2, 0.25) is 0 Å². The summed E-state index contributed by atoms with van der Waals surface area (Å²) >= 11 is 0. The molecule has 1 fully saturated rings. The third kappa shape index (κ3) is 3.75. The maximum Gasteiger partial charge on any atom is 0.249 e. The van der Waals surface area contributed by atoms with Crippen LogP contribution >= 0.6 is 0 Å². The molecule has 15 heavy (non-hydrogen) atoms. The van der Waals surface area contributed by atoms with Crippen molar-refractivity contribution in [3.05, 3.63) is 0 Å². The van der Waals surface area contributed by atoms with E-state index in [9.17, 15) is 4.79 Å². The van der Waals surface area contributed by atoms with Gasteiger partial charge in [-0.3, -0.25) is 4.79 Å². The Hall–Kier alpha value is -0.690. The Morgan fingerprint density at radius 3 is 3.13 bits per heavy atom. The largest absolute Gasteiger partial charge is 0.394 e. The molecule has 0 aromatic carbocycles. The van der Waals surface area contributed by atoms with Crippen molar-refractivity contribution in [2.75, 3.05) is 46.1 Å². The zero-order chi connectivity index (χ0) is 11.1. The highest BCUT2D eigenvalue weighted by atomic mass is 16.5. The van der Waals surface area contributed by atoms with Crippen LogP contribution in [0.5, 0.6) is 0 Å². The molecule has 0 aromatic heterocycles. The second kappa shape index (κ2) is 6.73. The molecule has 1 heterocycles. The van der Waals surface area contributed by atoms with E-state index in [0.717, 1.165) is 0 Å². The Kier molecular flexibility index (Phi) is 5.56. The Balaban J connectivity index is 2.34. The van der Waals surface area contributed by atoms with Gasteiger partial charge in [-0.25, -0.2) is 0 Å². The number of ether oxygens (including phenoxy) is 2. The molecule has 0 bridgehead atoms. The predicted octanol–water partition coefficient (Wildman–Crippen LogP) is -1.82. The summed E-state index contributed by atoms with van der Waals surface area (Å²) in [6, 6.07) is -0.243. The van der Waals surface area contributed by atoms with Crippen LogP contribution in [0.4, 0.5) is 0 Å². The van der Waals surface area contributed by atoms with Crippen molar-refractivity contribution in [1.82, 2.24) is 4.90 Å². The van der Waals surface area contributed by atoms with Gasteiger partial charge in [0.05, 0.1) is 32.5 Å². The minimum absolute atomic E-state index is 0.0215. The fourth-order valence-electron chi connectivity index (χ4n) is 1.46. The highest BCUT2D eigenvalue weighted by molar-refractivity contribution is 5.77. The lowest BCUT2D eigenvalue weighted by Gasteiger charge is -2.34. The first-order valence-electron chi connectivity index (χ1n) is 5.05. The number of hydrogen-bond acceptors (Lipinski definition) is 5. The minimum atomic E-state index is -0.243. The van der Waals surface area contributed by atoms with Gasteiger partial charge in [-0.1, -0.05) is 0 Å². The second-order valence-electron chi connectivity index (χ2n) is 3.34. The SMILES string of the molecule is NCCOCC(=O)N1CCOCC1CO.